The van der Waals surface area contributed by atoms with Crippen molar-refractivity contribution in [2.45, 2.75) is 32.1 Å². The molecule has 0 bridgehead atoms. The first-order valence-electron chi connectivity index (χ1n) is 7.71. The molecule has 0 aliphatic heterocycles. The number of carboxylic acids is 1. The molecule has 5 nitrogen and oxygen atoms in total. The number of aromatic nitrogens is 2. The molecule has 118 valence electrons. The molecule has 3 rings (SSSR count). The van der Waals surface area contributed by atoms with Crippen molar-refractivity contribution in [2.75, 3.05) is 0 Å². The zero-order valence-electron chi connectivity index (χ0n) is 12.9. The van der Waals surface area contributed by atoms with Gasteiger partial charge in [-0.1, -0.05) is 43.7 Å². The lowest BCUT2D eigenvalue weighted by Gasteiger charge is -2.10. The molecule has 1 aliphatic carbocycles. The van der Waals surface area contributed by atoms with E-state index in [4.69, 9.17) is 9.52 Å². The maximum absolute atomic E-state index is 10.9. The molecule has 0 amide bonds. The Morgan fingerprint density at radius 3 is 2.70 bits per heavy atom. The smallest absolute Gasteiger partial charge is 0.335 e. The Morgan fingerprint density at radius 1 is 1.30 bits per heavy atom. The summed E-state index contributed by atoms with van der Waals surface area (Å²) in [6.07, 6.45) is 7.78. The van der Waals surface area contributed by atoms with Crippen LogP contribution in [0, 0.1) is 0 Å². The molecular formula is C18H18N2O3. The number of hydrogen-bond acceptors (Lipinski definition) is 4. The summed E-state index contributed by atoms with van der Waals surface area (Å²) in [5, 5.41) is 17.1. The van der Waals surface area contributed by atoms with Crippen LogP contribution in [0.4, 0.5) is 0 Å². The summed E-state index contributed by atoms with van der Waals surface area (Å²) in [6.45, 7) is 2.15. The van der Waals surface area contributed by atoms with E-state index in [1.807, 2.05) is 12.1 Å². The Hall–Kier alpha value is -2.69. The molecule has 0 fully saturated rings. The molecule has 0 spiro atoms. The third kappa shape index (κ3) is 3.39. The maximum atomic E-state index is 10.9. The molecule has 23 heavy (non-hydrogen) atoms. The molecule has 1 unspecified atom stereocenters. The SMILES string of the molecule is CCCc1ccc(-c2nnc(C3C=CC(C(=O)O)=CC3)o2)cc1. The van der Waals surface area contributed by atoms with Crippen LogP contribution in [0.3, 0.4) is 0 Å². The van der Waals surface area contributed by atoms with E-state index in [0.29, 0.717) is 23.8 Å². The minimum atomic E-state index is -0.918. The number of rotatable bonds is 5. The Bertz CT molecular complexity index is 757. The second-order valence-corrected chi connectivity index (χ2v) is 5.56. The number of carboxylic acid groups (broad SMARTS) is 1. The van der Waals surface area contributed by atoms with Crippen molar-refractivity contribution in [2.24, 2.45) is 0 Å². The number of aliphatic carboxylic acids is 1. The van der Waals surface area contributed by atoms with Crippen LogP contribution >= 0.6 is 0 Å². The van der Waals surface area contributed by atoms with Crippen LogP contribution in [-0.4, -0.2) is 21.3 Å². The number of aryl methyl sites for hydroxylation is 1. The number of benzene rings is 1. The highest BCUT2D eigenvalue weighted by molar-refractivity contribution is 5.90. The van der Waals surface area contributed by atoms with Crippen molar-refractivity contribution in [1.82, 2.24) is 10.2 Å². The molecule has 2 aromatic rings. The molecule has 1 aromatic carbocycles. The molecular weight excluding hydrogens is 292 g/mol. The minimum absolute atomic E-state index is 0.0706. The van der Waals surface area contributed by atoms with E-state index < -0.39 is 5.97 Å². The quantitative estimate of drug-likeness (QED) is 0.910. The Balaban J connectivity index is 1.74. The van der Waals surface area contributed by atoms with Crippen LogP contribution in [0.25, 0.3) is 11.5 Å². The van der Waals surface area contributed by atoms with Gasteiger partial charge in [0.25, 0.3) is 0 Å². The molecule has 1 aliphatic rings. The normalized spacial score (nSPS) is 17.1. The second-order valence-electron chi connectivity index (χ2n) is 5.56. The van der Waals surface area contributed by atoms with E-state index in [2.05, 4.69) is 29.3 Å². The largest absolute Gasteiger partial charge is 0.478 e. The average molecular weight is 310 g/mol. The molecule has 1 heterocycles. The van der Waals surface area contributed by atoms with E-state index in [-0.39, 0.29) is 5.92 Å². The highest BCUT2D eigenvalue weighted by Gasteiger charge is 2.20. The van der Waals surface area contributed by atoms with Crippen molar-refractivity contribution >= 4 is 5.97 Å². The van der Waals surface area contributed by atoms with Gasteiger partial charge in [0.1, 0.15) is 0 Å². The topological polar surface area (TPSA) is 76.2 Å². The summed E-state index contributed by atoms with van der Waals surface area (Å²) in [7, 11) is 0. The fraction of sp³-hybridized carbons (Fsp3) is 0.278. The predicted octanol–water partition coefficient (Wildman–Crippen LogP) is 3.74. The van der Waals surface area contributed by atoms with Gasteiger partial charge in [-0.3, -0.25) is 0 Å². The van der Waals surface area contributed by atoms with E-state index in [1.54, 1.807) is 18.2 Å². The molecule has 0 radical (unpaired) electrons. The van der Waals surface area contributed by atoms with Crippen LogP contribution in [0.2, 0.25) is 0 Å². The third-order valence-corrected chi connectivity index (χ3v) is 3.84. The number of carbonyl (C=O) groups is 1. The lowest BCUT2D eigenvalue weighted by Crippen LogP contribution is -2.05. The van der Waals surface area contributed by atoms with Gasteiger partial charge in [0.2, 0.25) is 11.8 Å². The van der Waals surface area contributed by atoms with E-state index in [9.17, 15) is 4.79 Å². The van der Waals surface area contributed by atoms with E-state index >= 15 is 0 Å². The molecule has 0 saturated heterocycles. The third-order valence-electron chi connectivity index (χ3n) is 3.84. The lowest BCUT2D eigenvalue weighted by molar-refractivity contribution is -0.132. The van der Waals surface area contributed by atoms with Gasteiger partial charge in [0.05, 0.1) is 11.5 Å². The number of nitrogens with zero attached hydrogens (tertiary/aromatic N) is 2. The van der Waals surface area contributed by atoms with Crippen molar-refractivity contribution < 1.29 is 14.3 Å². The van der Waals surface area contributed by atoms with Crippen molar-refractivity contribution in [1.29, 1.82) is 0 Å². The van der Waals surface area contributed by atoms with Crippen LogP contribution in [0.5, 0.6) is 0 Å². The van der Waals surface area contributed by atoms with E-state index in [1.165, 1.54) is 5.56 Å². The first-order chi connectivity index (χ1) is 11.2. The monoisotopic (exact) mass is 310 g/mol. The Labute approximate surface area is 134 Å². The van der Waals surface area contributed by atoms with Crippen molar-refractivity contribution in [3.05, 3.63) is 59.5 Å². The Morgan fingerprint density at radius 2 is 2.09 bits per heavy atom. The minimum Gasteiger partial charge on any atom is -0.478 e. The fourth-order valence-corrected chi connectivity index (χ4v) is 2.57. The van der Waals surface area contributed by atoms with E-state index in [0.717, 1.165) is 18.4 Å². The molecule has 1 aromatic heterocycles. The van der Waals surface area contributed by atoms with Gasteiger partial charge < -0.3 is 9.52 Å². The van der Waals surface area contributed by atoms with Gasteiger partial charge in [-0.05, 0) is 30.5 Å². The lowest BCUT2D eigenvalue weighted by atomic mass is 9.97. The molecule has 1 N–H and O–H groups in total. The van der Waals surface area contributed by atoms with Gasteiger partial charge in [-0.2, -0.15) is 0 Å². The Kier molecular flexibility index (Phi) is 4.37. The van der Waals surface area contributed by atoms with Crippen molar-refractivity contribution in [3.8, 4) is 11.5 Å². The van der Waals surface area contributed by atoms with Crippen LogP contribution in [0.15, 0.2) is 52.5 Å². The summed E-state index contributed by atoms with van der Waals surface area (Å²) < 4.78 is 5.75. The van der Waals surface area contributed by atoms with Crippen LogP contribution in [0.1, 0.15) is 37.1 Å². The maximum Gasteiger partial charge on any atom is 0.335 e. The van der Waals surface area contributed by atoms with Gasteiger partial charge in [-0.15, -0.1) is 10.2 Å². The predicted molar refractivity (Wildman–Crippen MR) is 85.9 cm³/mol. The zero-order valence-corrected chi connectivity index (χ0v) is 12.9. The molecule has 5 heteroatoms. The van der Waals surface area contributed by atoms with Crippen molar-refractivity contribution in [3.63, 3.8) is 0 Å². The van der Waals surface area contributed by atoms with Gasteiger partial charge in [0.15, 0.2) is 0 Å². The fourth-order valence-electron chi connectivity index (χ4n) is 2.57. The van der Waals surface area contributed by atoms with Gasteiger partial charge in [0, 0.05) is 5.56 Å². The number of hydrogen-bond donors (Lipinski definition) is 1. The summed E-state index contributed by atoms with van der Waals surface area (Å²) in [5.74, 6) is 0.0100. The molecule has 1 atom stereocenters. The van der Waals surface area contributed by atoms with Gasteiger partial charge in [-0.25, -0.2) is 4.79 Å². The summed E-state index contributed by atoms with van der Waals surface area (Å²) in [5.41, 5.74) is 2.48. The average Bonchev–Trinajstić information content (AvgIpc) is 3.06. The standard InChI is InChI=1S/C18H18N2O3/c1-2-3-12-4-6-13(7-5-12)16-19-20-17(23-16)14-8-10-15(11-9-14)18(21)22/h4-8,10-11,14H,2-3,9H2,1H3,(H,21,22). The second kappa shape index (κ2) is 6.60. The highest BCUT2D eigenvalue weighted by Crippen LogP contribution is 2.28. The van der Waals surface area contributed by atoms with Gasteiger partial charge >= 0.3 is 5.97 Å². The summed E-state index contributed by atoms with van der Waals surface area (Å²) >= 11 is 0. The first-order valence-corrected chi connectivity index (χ1v) is 7.71. The van der Waals surface area contributed by atoms with Crippen LogP contribution < -0.4 is 0 Å². The molecule has 0 saturated carbocycles. The number of allylic oxidation sites excluding steroid dienone is 2. The zero-order chi connectivity index (χ0) is 16.2. The first kappa shape index (κ1) is 15.2. The highest BCUT2D eigenvalue weighted by atomic mass is 16.4. The van der Waals surface area contributed by atoms with Crippen LogP contribution in [-0.2, 0) is 11.2 Å². The summed E-state index contributed by atoms with van der Waals surface area (Å²) in [6, 6.07) is 8.12. The summed E-state index contributed by atoms with van der Waals surface area (Å²) in [4.78, 5) is 10.9.